The van der Waals surface area contributed by atoms with Gasteiger partial charge in [0.1, 0.15) is 11.9 Å². The van der Waals surface area contributed by atoms with Gasteiger partial charge in [0.05, 0.1) is 16.4 Å². The zero-order valence-electron chi connectivity index (χ0n) is 16.9. The first-order valence-corrected chi connectivity index (χ1v) is 11.0. The van der Waals surface area contributed by atoms with Crippen molar-refractivity contribution in [1.29, 1.82) is 0 Å². The number of anilines is 1. The number of nitrogens with two attached hydrogens (primary N) is 1. The van der Waals surface area contributed by atoms with E-state index in [1.165, 1.54) is 17.4 Å². The number of fused-ring (bicyclic) bond motifs is 1. The number of para-hydroxylation sites is 1. The van der Waals surface area contributed by atoms with Crippen LogP contribution in [0.3, 0.4) is 0 Å². The first-order valence-electron chi connectivity index (χ1n) is 9.81. The van der Waals surface area contributed by atoms with Gasteiger partial charge in [-0.05, 0) is 54.5 Å². The molecule has 158 valence electrons. The molecule has 3 N–H and O–H groups in total. The molecule has 1 aromatic heterocycles. The van der Waals surface area contributed by atoms with Crippen molar-refractivity contribution >= 4 is 46.4 Å². The highest BCUT2D eigenvalue weighted by atomic mass is 35.5. The molecule has 0 fully saturated rings. The molecule has 0 saturated heterocycles. The maximum Gasteiger partial charge on any atom is 0.244 e. The van der Waals surface area contributed by atoms with E-state index in [-0.39, 0.29) is 17.8 Å². The summed E-state index contributed by atoms with van der Waals surface area (Å²) in [5.74, 6) is 0.484. The monoisotopic (exact) mass is 452 g/mol. The number of ether oxygens (including phenoxy) is 1. The molecule has 2 aromatic carbocycles. The molecule has 1 atom stereocenters. The average Bonchev–Trinajstić information content (AvgIpc) is 3.39. The number of rotatable bonds is 6. The summed E-state index contributed by atoms with van der Waals surface area (Å²) in [5, 5.41) is 3.39. The van der Waals surface area contributed by atoms with Crippen molar-refractivity contribution in [3.05, 3.63) is 75.6 Å². The molecule has 1 amide bonds. The number of hydrogen-bond donors (Lipinski definition) is 2. The third-order valence-corrected chi connectivity index (χ3v) is 6.52. The van der Waals surface area contributed by atoms with Crippen LogP contribution in [-0.2, 0) is 11.2 Å². The number of thiophene rings is 1. The zero-order valence-corrected chi connectivity index (χ0v) is 18.4. The number of halogens is 1. The quantitative estimate of drug-likeness (QED) is 0.314. The van der Waals surface area contributed by atoms with Gasteiger partial charge in [0.15, 0.2) is 5.78 Å². The van der Waals surface area contributed by atoms with Gasteiger partial charge in [0.25, 0.3) is 0 Å². The molecule has 5 nitrogen and oxygen atoms in total. The first kappa shape index (κ1) is 21.2. The Bertz CT molecular complexity index is 1190. The summed E-state index contributed by atoms with van der Waals surface area (Å²) in [4.78, 5) is 25.5. The van der Waals surface area contributed by atoms with Crippen LogP contribution >= 0.6 is 22.9 Å². The van der Waals surface area contributed by atoms with Crippen molar-refractivity contribution in [3.8, 4) is 16.2 Å². The largest absolute Gasteiger partial charge is 0.486 e. The number of benzene rings is 2. The fraction of sp³-hybridized carbons (Fsp3) is 0.167. The topological polar surface area (TPSA) is 81.4 Å². The van der Waals surface area contributed by atoms with Gasteiger partial charge in [-0.15, -0.1) is 11.3 Å². The number of nitrogens with one attached hydrogen (secondary N) is 1. The van der Waals surface area contributed by atoms with Crippen LogP contribution < -0.4 is 15.8 Å². The molecule has 0 bridgehead atoms. The standard InChI is InChI=1S/C24H21ClN2O3S/c1-14(28)21-7-8-22(31-21)16-10-17-11-18(30-24(17)19(25)12-16)13-27-23(29)9-6-15-4-2-3-5-20(15)26/h2-10,12,18H,11,13,26H2,1H3,(H,27,29)/b9-6+. The van der Waals surface area contributed by atoms with Crippen molar-refractivity contribution in [3.63, 3.8) is 0 Å². The summed E-state index contributed by atoms with van der Waals surface area (Å²) in [6, 6.07) is 15.0. The lowest BCUT2D eigenvalue weighted by atomic mass is 10.1. The van der Waals surface area contributed by atoms with Crippen LogP contribution in [-0.4, -0.2) is 24.3 Å². The zero-order chi connectivity index (χ0) is 22.0. The first-order chi connectivity index (χ1) is 14.9. The van der Waals surface area contributed by atoms with Crippen LogP contribution in [0.4, 0.5) is 5.69 Å². The van der Waals surface area contributed by atoms with Crippen molar-refractivity contribution < 1.29 is 14.3 Å². The molecule has 0 aliphatic carbocycles. The van der Waals surface area contributed by atoms with Gasteiger partial charge in [-0.25, -0.2) is 0 Å². The van der Waals surface area contributed by atoms with E-state index in [4.69, 9.17) is 22.1 Å². The van der Waals surface area contributed by atoms with Gasteiger partial charge in [-0.2, -0.15) is 0 Å². The second-order valence-corrected chi connectivity index (χ2v) is 8.81. The van der Waals surface area contributed by atoms with Gasteiger partial charge in [0, 0.05) is 28.6 Å². The van der Waals surface area contributed by atoms with Crippen molar-refractivity contribution in [2.75, 3.05) is 12.3 Å². The Morgan fingerprint density at radius 3 is 2.81 bits per heavy atom. The average molecular weight is 453 g/mol. The third-order valence-electron chi connectivity index (χ3n) is 5.00. The van der Waals surface area contributed by atoms with Crippen molar-refractivity contribution in [2.45, 2.75) is 19.4 Å². The Morgan fingerprint density at radius 1 is 1.26 bits per heavy atom. The lowest BCUT2D eigenvalue weighted by Crippen LogP contribution is -2.33. The molecule has 4 rings (SSSR count). The number of nitrogen functional groups attached to an aromatic ring is 1. The van der Waals surface area contributed by atoms with E-state index in [0.717, 1.165) is 21.6 Å². The molecular weight excluding hydrogens is 432 g/mol. The molecule has 1 aliphatic rings. The minimum absolute atomic E-state index is 0.0478. The van der Waals surface area contributed by atoms with Crippen LogP contribution in [0.1, 0.15) is 27.7 Å². The lowest BCUT2D eigenvalue weighted by Gasteiger charge is -2.11. The summed E-state index contributed by atoms with van der Waals surface area (Å²) < 4.78 is 5.96. The number of carbonyl (C=O) groups is 2. The predicted molar refractivity (Wildman–Crippen MR) is 126 cm³/mol. The van der Waals surface area contributed by atoms with Gasteiger partial charge in [-0.1, -0.05) is 29.8 Å². The Hall–Kier alpha value is -3.09. The fourth-order valence-electron chi connectivity index (χ4n) is 3.43. The van der Waals surface area contributed by atoms with Gasteiger partial charge >= 0.3 is 0 Å². The van der Waals surface area contributed by atoms with E-state index in [2.05, 4.69) is 5.32 Å². The summed E-state index contributed by atoms with van der Waals surface area (Å²) >= 11 is 7.90. The molecule has 0 saturated carbocycles. The van der Waals surface area contributed by atoms with Crippen LogP contribution in [0.25, 0.3) is 16.5 Å². The maximum absolute atomic E-state index is 12.2. The molecule has 3 aromatic rings. The predicted octanol–water partition coefficient (Wildman–Crippen LogP) is 4.99. The highest BCUT2D eigenvalue weighted by molar-refractivity contribution is 7.17. The number of ketones is 1. The Labute approximate surface area is 189 Å². The maximum atomic E-state index is 12.2. The van der Waals surface area contributed by atoms with E-state index < -0.39 is 0 Å². The van der Waals surface area contributed by atoms with Gasteiger partial charge < -0.3 is 15.8 Å². The molecular formula is C24H21ClN2O3S. The molecule has 1 unspecified atom stereocenters. The molecule has 1 aliphatic heterocycles. The van der Waals surface area contributed by atoms with Gasteiger partial charge in [0.2, 0.25) is 5.91 Å². The summed E-state index contributed by atoms with van der Waals surface area (Å²) in [6.45, 7) is 1.92. The Morgan fingerprint density at radius 2 is 2.06 bits per heavy atom. The number of carbonyl (C=O) groups excluding carboxylic acids is 2. The van der Waals surface area contributed by atoms with Crippen LogP contribution in [0, 0.1) is 0 Å². The van der Waals surface area contributed by atoms with E-state index in [9.17, 15) is 9.59 Å². The molecule has 7 heteroatoms. The van der Waals surface area contributed by atoms with Gasteiger partial charge in [-0.3, -0.25) is 9.59 Å². The van der Waals surface area contributed by atoms with Crippen molar-refractivity contribution in [2.24, 2.45) is 0 Å². The number of Topliss-reactive ketones (excluding diaryl/α,β-unsaturated/α-hetero) is 1. The highest BCUT2D eigenvalue weighted by Gasteiger charge is 2.26. The second kappa shape index (κ2) is 8.96. The summed E-state index contributed by atoms with van der Waals surface area (Å²) in [7, 11) is 0. The minimum atomic E-state index is -0.218. The molecule has 0 radical (unpaired) electrons. The normalized spacial score (nSPS) is 15.0. The van der Waals surface area contributed by atoms with E-state index in [0.29, 0.717) is 34.3 Å². The van der Waals surface area contributed by atoms with Crippen molar-refractivity contribution in [1.82, 2.24) is 5.32 Å². The third kappa shape index (κ3) is 4.81. The molecule has 31 heavy (non-hydrogen) atoms. The van der Waals surface area contributed by atoms with E-state index in [1.807, 2.05) is 42.5 Å². The number of amides is 1. The van der Waals surface area contributed by atoms with E-state index >= 15 is 0 Å². The fourth-order valence-corrected chi connectivity index (χ4v) is 4.60. The minimum Gasteiger partial charge on any atom is -0.486 e. The van der Waals surface area contributed by atoms with Crippen LogP contribution in [0.5, 0.6) is 5.75 Å². The second-order valence-electron chi connectivity index (χ2n) is 7.32. The highest BCUT2D eigenvalue weighted by Crippen LogP contribution is 2.41. The lowest BCUT2D eigenvalue weighted by molar-refractivity contribution is -0.116. The number of hydrogen-bond acceptors (Lipinski definition) is 5. The SMILES string of the molecule is CC(=O)c1ccc(-c2cc(Cl)c3c(c2)CC(CNC(=O)/C=C/c2ccccc2N)O3)s1. The van der Waals surface area contributed by atoms with E-state index in [1.54, 1.807) is 19.1 Å². The smallest absolute Gasteiger partial charge is 0.244 e. The van der Waals surface area contributed by atoms with Crippen LogP contribution in [0.15, 0.2) is 54.6 Å². The summed E-state index contributed by atoms with van der Waals surface area (Å²) in [6.07, 6.45) is 3.60. The summed E-state index contributed by atoms with van der Waals surface area (Å²) in [5.41, 5.74) is 9.24. The molecule has 2 heterocycles. The molecule has 0 spiro atoms. The Kier molecular flexibility index (Phi) is 6.11. The van der Waals surface area contributed by atoms with Crippen LogP contribution in [0.2, 0.25) is 5.02 Å². The Balaban J connectivity index is 1.39.